The summed E-state index contributed by atoms with van der Waals surface area (Å²) < 4.78 is 26.5. The van der Waals surface area contributed by atoms with E-state index in [1.165, 1.54) is 12.1 Å². The minimum Gasteiger partial charge on any atom is -0.496 e. The van der Waals surface area contributed by atoms with E-state index in [0.717, 1.165) is 40.6 Å². The molecule has 7 heteroatoms. The lowest BCUT2D eigenvalue weighted by Crippen LogP contribution is -2.23. The molecule has 4 rings (SSSR count). The summed E-state index contributed by atoms with van der Waals surface area (Å²) in [6, 6.07) is 10.0. The van der Waals surface area contributed by atoms with Gasteiger partial charge in [-0.15, -0.1) is 0 Å². The molecule has 2 aromatic carbocycles. The largest absolute Gasteiger partial charge is 0.496 e. The highest BCUT2D eigenvalue weighted by Crippen LogP contribution is 2.37. The summed E-state index contributed by atoms with van der Waals surface area (Å²) in [5, 5.41) is 3.78. The topological polar surface area (TPSA) is 69.3 Å². The quantitative estimate of drug-likeness (QED) is 0.312. The Labute approximate surface area is 185 Å². The van der Waals surface area contributed by atoms with Crippen LogP contribution in [0.4, 0.5) is 4.39 Å². The highest BCUT2D eigenvalue weighted by atomic mass is 19.1. The normalized spacial score (nSPS) is 11.7. The number of aryl methyl sites for hydroxylation is 1. The summed E-state index contributed by atoms with van der Waals surface area (Å²) in [5.74, 6) is 0.152. The summed E-state index contributed by atoms with van der Waals surface area (Å²) >= 11 is 0. The Morgan fingerprint density at radius 2 is 2.09 bits per heavy atom. The molecule has 0 aliphatic heterocycles. The second-order valence-corrected chi connectivity index (χ2v) is 7.48. The third-order valence-electron chi connectivity index (χ3n) is 5.27. The number of furan rings is 1. The zero-order chi connectivity index (χ0) is 22.5. The van der Waals surface area contributed by atoms with Crippen molar-refractivity contribution in [2.45, 2.75) is 19.9 Å². The molecule has 0 aliphatic carbocycles. The van der Waals surface area contributed by atoms with Crippen LogP contribution in [0, 0.1) is 5.82 Å². The molecular weight excluding hydrogens is 409 g/mol. The fourth-order valence-corrected chi connectivity index (χ4v) is 3.60. The maximum Gasteiger partial charge on any atom is 0.244 e. The number of rotatable bonds is 8. The molecule has 0 radical (unpaired) electrons. The van der Waals surface area contributed by atoms with E-state index >= 15 is 0 Å². The van der Waals surface area contributed by atoms with Crippen LogP contribution < -0.4 is 10.1 Å². The Balaban J connectivity index is 1.54. The molecule has 0 atom stereocenters. The molecule has 6 nitrogen and oxygen atoms in total. The number of carbonyl (C=O) groups excluding carboxylic acids is 1. The van der Waals surface area contributed by atoms with E-state index in [1.54, 1.807) is 50.2 Å². The first-order chi connectivity index (χ1) is 15.5. The van der Waals surface area contributed by atoms with Crippen LogP contribution in [-0.4, -0.2) is 29.1 Å². The molecule has 0 saturated carbocycles. The van der Waals surface area contributed by atoms with Crippen LogP contribution in [0.2, 0.25) is 0 Å². The zero-order valence-corrected chi connectivity index (χ0v) is 18.0. The number of hydrogen-bond acceptors (Lipinski definition) is 4. The highest BCUT2D eigenvalue weighted by molar-refractivity contribution is 6.00. The van der Waals surface area contributed by atoms with Crippen molar-refractivity contribution in [2.75, 3.05) is 13.7 Å². The van der Waals surface area contributed by atoms with Crippen molar-refractivity contribution in [3.05, 3.63) is 78.8 Å². The molecule has 0 aliphatic rings. The molecule has 4 aromatic rings. The summed E-state index contributed by atoms with van der Waals surface area (Å²) in [7, 11) is 1.58. The number of allylic oxidation sites excluding steroid dienone is 1. The van der Waals surface area contributed by atoms with Gasteiger partial charge in [0.2, 0.25) is 5.91 Å². The van der Waals surface area contributed by atoms with E-state index < -0.39 is 0 Å². The molecule has 0 saturated heterocycles. The minimum absolute atomic E-state index is 0.166. The zero-order valence-electron chi connectivity index (χ0n) is 18.0. The molecule has 0 fully saturated rings. The predicted octanol–water partition coefficient (Wildman–Crippen LogP) is 5.05. The van der Waals surface area contributed by atoms with E-state index in [0.29, 0.717) is 17.9 Å². The van der Waals surface area contributed by atoms with Crippen molar-refractivity contribution in [3.8, 4) is 16.9 Å². The Kier molecular flexibility index (Phi) is 6.35. The van der Waals surface area contributed by atoms with Gasteiger partial charge in [-0.1, -0.05) is 12.1 Å². The van der Waals surface area contributed by atoms with Gasteiger partial charge in [0.05, 0.1) is 19.7 Å². The van der Waals surface area contributed by atoms with Gasteiger partial charge in [-0.3, -0.25) is 4.79 Å². The van der Waals surface area contributed by atoms with E-state index in [2.05, 4.69) is 10.3 Å². The van der Waals surface area contributed by atoms with Crippen LogP contribution in [0.1, 0.15) is 18.9 Å². The number of ether oxygens (including phenoxy) is 1. The number of fused-ring (bicyclic) bond motifs is 1. The van der Waals surface area contributed by atoms with Crippen molar-refractivity contribution in [3.63, 3.8) is 0 Å². The van der Waals surface area contributed by atoms with Gasteiger partial charge in [-0.05, 0) is 42.7 Å². The summed E-state index contributed by atoms with van der Waals surface area (Å²) in [5.41, 5.74) is 3.90. The van der Waals surface area contributed by atoms with Crippen molar-refractivity contribution < 1.29 is 18.3 Å². The molecule has 2 aromatic heterocycles. The molecular formula is C25H24FN3O3. The van der Waals surface area contributed by atoms with Gasteiger partial charge in [0.25, 0.3) is 0 Å². The number of aromatic nitrogens is 2. The van der Waals surface area contributed by atoms with E-state index in [-0.39, 0.29) is 11.7 Å². The van der Waals surface area contributed by atoms with Gasteiger partial charge in [0.1, 0.15) is 17.1 Å². The first-order valence-electron chi connectivity index (χ1n) is 10.3. The third-order valence-corrected chi connectivity index (χ3v) is 5.27. The first-order valence-corrected chi connectivity index (χ1v) is 10.3. The van der Waals surface area contributed by atoms with Crippen LogP contribution >= 0.6 is 0 Å². The van der Waals surface area contributed by atoms with Crippen molar-refractivity contribution >= 4 is 22.4 Å². The Hall–Kier alpha value is -3.87. The molecule has 1 amide bonds. The van der Waals surface area contributed by atoms with E-state index in [1.807, 2.05) is 23.8 Å². The molecule has 0 unspecified atom stereocenters. The number of imidazole rings is 1. The number of amides is 1. The second kappa shape index (κ2) is 9.51. The minimum atomic E-state index is -0.293. The lowest BCUT2D eigenvalue weighted by atomic mass is 9.99. The van der Waals surface area contributed by atoms with Crippen molar-refractivity contribution in [2.24, 2.45) is 0 Å². The average molecular weight is 433 g/mol. The second-order valence-electron chi connectivity index (χ2n) is 7.48. The van der Waals surface area contributed by atoms with Crippen molar-refractivity contribution in [1.29, 1.82) is 0 Å². The maximum atomic E-state index is 13.3. The number of methoxy groups -OCH3 is 1. The fourth-order valence-electron chi connectivity index (χ4n) is 3.60. The number of benzene rings is 2. The lowest BCUT2D eigenvalue weighted by Gasteiger charge is -2.10. The van der Waals surface area contributed by atoms with Crippen LogP contribution in [0.25, 0.3) is 27.7 Å². The monoisotopic (exact) mass is 433 g/mol. The first kappa shape index (κ1) is 21.4. The highest BCUT2D eigenvalue weighted by Gasteiger charge is 2.15. The number of nitrogens with one attached hydrogen (secondary N) is 1. The van der Waals surface area contributed by atoms with Gasteiger partial charge in [-0.2, -0.15) is 0 Å². The average Bonchev–Trinajstić information content (AvgIpc) is 3.46. The molecule has 2 heterocycles. The van der Waals surface area contributed by atoms with Crippen LogP contribution in [0.15, 0.2) is 71.9 Å². The van der Waals surface area contributed by atoms with E-state index in [9.17, 15) is 9.18 Å². The smallest absolute Gasteiger partial charge is 0.244 e. The predicted molar refractivity (Wildman–Crippen MR) is 122 cm³/mol. The van der Waals surface area contributed by atoms with Crippen LogP contribution in [0.5, 0.6) is 5.75 Å². The van der Waals surface area contributed by atoms with Gasteiger partial charge >= 0.3 is 0 Å². The van der Waals surface area contributed by atoms with Gasteiger partial charge in [0, 0.05) is 54.1 Å². The Morgan fingerprint density at radius 3 is 2.81 bits per heavy atom. The Bertz CT molecular complexity index is 1240. The lowest BCUT2D eigenvalue weighted by molar-refractivity contribution is -0.116. The van der Waals surface area contributed by atoms with Gasteiger partial charge in [-0.25, -0.2) is 9.37 Å². The Morgan fingerprint density at radius 1 is 1.28 bits per heavy atom. The van der Waals surface area contributed by atoms with Gasteiger partial charge < -0.3 is 19.0 Å². The number of carbonyl (C=O) groups is 1. The van der Waals surface area contributed by atoms with E-state index in [4.69, 9.17) is 9.15 Å². The summed E-state index contributed by atoms with van der Waals surface area (Å²) in [4.78, 5) is 16.4. The third kappa shape index (κ3) is 4.72. The molecule has 0 spiro atoms. The summed E-state index contributed by atoms with van der Waals surface area (Å²) in [6.07, 6.45) is 9.40. The number of nitrogens with zero attached hydrogens (tertiary/aromatic N) is 2. The fraction of sp³-hybridized carbons (Fsp3) is 0.200. The SMILES string of the molecule is COc1cc2occ(-c3ccc(F)cc3)c2cc1/C(C)=C/C(=O)NCCCn1ccnc1. The summed E-state index contributed by atoms with van der Waals surface area (Å²) in [6.45, 7) is 3.22. The molecule has 164 valence electrons. The maximum absolute atomic E-state index is 13.3. The van der Waals surface area contributed by atoms with Crippen LogP contribution in [-0.2, 0) is 11.3 Å². The van der Waals surface area contributed by atoms with Crippen LogP contribution in [0.3, 0.4) is 0 Å². The number of halogens is 1. The van der Waals surface area contributed by atoms with Crippen molar-refractivity contribution in [1.82, 2.24) is 14.9 Å². The number of hydrogen-bond donors (Lipinski definition) is 1. The molecule has 1 N–H and O–H groups in total. The molecule has 32 heavy (non-hydrogen) atoms. The molecule has 0 bridgehead atoms. The van der Waals surface area contributed by atoms with Gasteiger partial charge in [0.15, 0.2) is 0 Å². The standard InChI is InChI=1S/C25H24FN3O3/c1-17(12-25(30)28-8-3-10-29-11-9-27-16-29)20-13-21-22(18-4-6-19(26)7-5-18)15-32-24(21)14-23(20)31-2/h4-7,9,11-16H,3,8,10H2,1-2H3,(H,28,30)/b17-12+.